The average Bonchev–Trinajstić information content (AvgIpc) is 3.64. The van der Waals surface area contributed by atoms with Gasteiger partial charge in [-0.3, -0.25) is 14.5 Å². The van der Waals surface area contributed by atoms with Gasteiger partial charge in [-0.25, -0.2) is 13.4 Å². The predicted octanol–water partition coefficient (Wildman–Crippen LogP) is 2.96. The maximum Gasteiger partial charge on any atom is 0.283 e. The summed E-state index contributed by atoms with van der Waals surface area (Å²) in [7, 11) is -1.80. The first kappa shape index (κ1) is 26.7. The third kappa shape index (κ3) is 4.86. The largest absolute Gasteiger partial charge is 0.345 e. The lowest BCUT2D eigenvalue weighted by Gasteiger charge is -2.41. The molecule has 5 heterocycles. The number of aromatic amines is 1. The average molecular weight is 591 g/mol. The number of nitrogens with one attached hydrogen (secondary N) is 1. The molecule has 39 heavy (non-hydrogen) atoms. The highest BCUT2D eigenvalue weighted by Crippen LogP contribution is 2.34. The Balaban J connectivity index is 1.28. The van der Waals surface area contributed by atoms with Crippen LogP contribution in [0.3, 0.4) is 0 Å². The van der Waals surface area contributed by atoms with Crippen LogP contribution < -0.4 is 0 Å². The summed E-state index contributed by atoms with van der Waals surface area (Å²) in [5.74, 6) is -0.158. The molecule has 0 radical (unpaired) electrons. The molecule has 3 aliphatic heterocycles. The lowest BCUT2D eigenvalue weighted by Crippen LogP contribution is -2.59. The second kappa shape index (κ2) is 10.2. The molecule has 0 bridgehead atoms. The lowest BCUT2D eigenvalue weighted by molar-refractivity contribution is -0.128. The van der Waals surface area contributed by atoms with E-state index < -0.39 is 16.1 Å². The Hall–Kier alpha value is -2.51. The standard InChI is InChI=1S/C26H31ClN6O4S2/c1-16-24-21(7-9-30(16)2)29-25(38-24)26(35)33-11-10-32(15-19(33)14-31-8-3-4-23(31)34)39(36,37)22-13-17-12-18(27)5-6-20(17)28-22/h5-6,12-13,16,19,28H,3-4,7-11,14-15H2,1-2H3. The molecule has 2 saturated heterocycles. The molecule has 1 N–H and O–H groups in total. The Morgan fingerprint density at radius 3 is 2.77 bits per heavy atom. The van der Waals surface area contributed by atoms with E-state index in [1.165, 1.54) is 15.6 Å². The van der Waals surface area contributed by atoms with Gasteiger partial charge in [0.15, 0.2) is 5.01 Å². The molecule has 0 spiro atoms. The number of thiazole rings is 1. The van der Waals surface area contributed by atoms with Crippen LogP contribution in [0.4, 0.5) is 0 Å². The number of rotatable bonds is 5. The number of carbonyl (C=O) groups is 2. The number of carbonyl (C=O) groups excluding carboxylic acids is 2. The molecule has 2 atom stereocenters. The number of sulfonamides is 1. The van der Waals surface area contributed by atoms with Crippen LogP contribution in [-0.2, 0) is 21.2 Å². The van der Waals surface area contributed by atoms with E-state index in [-0.39, 0.29) is 42.5 Å². The Bertz CT molecular complexity index is 1550. The Morgan fingerprint density at radius 2 is 2.00 bits per heavy atom. The van der Waals surface area contributed by atoms with E-state index in [1.54, 1.807) is 34.1 Å². The van der Waals surface area contributed by atoms with E-state index in [1.807, 2.05) is 0 Å². The van der Waals surface area contributed by atoms with E-state index in [0.29, 0.717) is 40.4 Å². The van der Waals surface area contributed by atoms with Crippen molar-refractivity contribution in [3.05, 3.63) is 44.9 Å². The van der Waals surface area contributed by atoms with E-state index in [4.69, 9.17) is 16.6 Å². The molecular formula is C26H31ClN6O4S2. The molecule has 2 fully saturated rings. The molecule has 3 aliphatic rings. The summed E-state index contributed by atoms with van der Waals surface area (Å²) < 4.78 is 28.8. The number of fused-ring (bicyclic) bond motifs is 2. The van der Waals surface area contributed by atoms with Gasteiger partial charge in [-0.05, 0) is 44.7 Å². The SMILES string of the molecule is CC1c2sc(C(=O)N3CCN(S(=O)(=O)c4cc5cc(Cl)ccc5[nH]4)CC3CN3CCCC3=O)nc2CCN1C. The predicted molar refractivity (Wildman–Crippen MR) is 150 cm³/mol. The van der Waals surface area contributed by atoms with Crippen molar-refractivity contribution in [1.82, 2.24) is 29.0 Å². The number of nitrogens with zero attached hydrogens (tertiary/aromatic N) is 5. The summed E-state index contributed by atoms with van der Waals surface area (Å²) in [6.07, 6.45) is 2.04. The summed E-state index contributed by atoms with van der Waals surface area (Å²) in [5.41, 5.74) is 1.65. The maximum atomic E-state index is 13.8. The van der Waals surface area contributed by atoms with Gasteiger partial charge in [-0.2, -0.15) is 4.31 Å². The summed E-state index contributed by atoms with van der Waals surface area (Å²) >= 11 is 7.53. The Labute approximate surface area is 236 Å². The Kier molecular flexibility index (Phi) is 6.95. The minimum Gasteiger partial charge on any atom is -0.345 e. The number of halogens is 1. The van der Waals surface area contributed by atoms with Crippen LogP contribution in [0.25, 0.3) is 10.9 Å². The van der Waals surface area contributed by atoms with Gasteiger partial charge in [-0.1, -0.05) is 11.6 Å². The highest BCUT2D eigenvalue weighted by Gasteiger charge is 2.40. The van der Waals surface area contributed by atoms with Crippen molar-refractivity contribution in [2.75, 3.05) is 46.3 Å². The number of likely N-dealkylation sites (N-methyl/N-ethyl adjacent to an activating group) is 1. The molecular weight excluding hydrogens is 560 g/mol. The Morgan fingerprint density at radius 1 is 1.18 bits per heavy atom. The quantitative estimate of drug-likeness (QED) is 0.489. The van der Waals surface area contributed by atoms with Gasteiger partial charge in [0.2, 0.25) is 5.91 Å². The second-order valence-electron chi connectivity index (χ2n) is 10.6. The van der Waals surface area contributed by atoms with E-state index in [9.17, 15) is 18.0 Å². The first-order chi connectivity index (χ1) is 18.6. The third-order valence-corrected chi connectivity index (χ3v) is 11.4. The number of amides is 2. The normalized spacial score (nSPS) is 23.1. The first-order valence-electron chi connectivity index (χ1n) is 13.2. The van der Waals surface area contributed by atoms with E-state index >= 15 is 0 Å². The van der Waals surface area contributed by atoms with Crippen molar-refractivity contribution < 1.29 is 18.0 Å². The number of benzene rings is 1. The number of likely N-dealkylation sites (tertiary alicyclic amines) is 1. The minimum atomic E-state index is -3.87. The molecule has 3 aromatic rings. The van der Waals surface area contributed by atoms with Crippen molar-refractivity contribution in [3.8, 4) is 0 Å². The zero-order valence-electron chi connectivity index (χ0n) is 21.9. The molecule has 0 saturated carbocycles. The van der Waals surface area contributed by atoms with Gasteiger partial charge in [0.05, 0.1) is 11.7 Å². The summed E-state index contributed by atoms with van der Waals surface area (Å²) in [6, 6.07) is 6.48. The van der Waals surface area contributed by atoms with Gasteiger partial charge in [0, 0.05) is 79.0 Å². The van der Waals surface area contributed by atoms with E-state index in [2.05, 4.69) is 23.9 Å². The molecule has 1 aromatic carbocycles. The lowest BCUT2D eigenvalue weighted by atomic mass is 10.1. The molecule has 2 unspecified atom stereocenters. The molecule has 13 heteroatoms. The number of piperazine rings is 1. The molecule has 0 aliphatic carbocycles. The van der Waals surface area contributed by atoms with Gasteiger partial charge in [0.1, 0.15) is 5.03 Å². The molecule has 6 rings (SSSR count). The number of hydrogen-bond donors (Lipinski definition) is 1. The maximum absolute atomic E-state index is 13.8. The van der Waals surface area contributed by atoms with Gasteiger partial charge >= 0.3 is 0 Å². The fourth-order valence-electron chi connectivity index (χ4n) is 5.73. The highest BCUT2D eigenvalue weighted by molar-refractivity contribution is 7.89. The smallest absolute Gasteiger partial charge is 0.283 e. The van der Waals surface area contributed by atoms with Crippen molar-refractivity contribution in [2.45, 2.75) is 43.3 Å². The van der Waals surface area contributed by atoms with Crippen LogP contribution in [0, 0.1) is 0 Å². The second-order valence-corrected chi connectivity index (χ2v) is 13.9. The van der Waals surface area contributed by atoms with Crippen LogP contribution in [0.15, 0.2) is 29.3 Å². The summed E-state index contributed by atoms with van der Waals surface area (Å²) in [4.78, 5) is 40.8. The topological polar surface area (TPSA) is 110 Å². The number of H-pyrrole nitrogens is 1. The summed E-state index contributed by atoms with van der Waals surface area (Å²) in [6.45, 7) is 4.38. The first-order valence-corrected chi connectivity index (χ1v) is 15.8. The minimum absolute atomic E-state index is 0.0384. The van der Waals surface area contributed by atoms with Crippen molar-refractivity contribution >= 4 is 55.7 Å². The summed E-state index contributed by atoms with van der Waals surface area (Å²) in [5, 5.41) is 1.75. The number of aromatic nitrogens is 2. The third-order valence-electron chi connectivity index (χ3n) is 8.14. The molecule has 2 amide bonds. The van der Waals surface area contributed by atoms with Gasteiger partial charge in [0.25, 0.3) is 15.9 Å². The molecule has 10 nitrogen and oxygen atoms in total. The van der Waals surface area contributed by atoms with Crippen LogP contribution in [0.2, 0.25) is 5.02 Å². The van der Waals surface area contributed by atoms with Gasteiger partial charge < -0.3 is 14.8 Å². The van der Waals surface area contributed by atoms with Crippen molar-refractivity contribution in [3.63, 3.8) is 0 Å². The van der Waals surface area contributed by atoms with Crippen molar-refractivity contribution in [1.29, 1.82) is 0 Å². The van der Waals surface area contributed by atoms with Gasteiger partial charge in [-0.15, -0.1) is 11.3 Å². The van der Waals surface area contributed by atoms with Crippen LogP contribution >= 0.6 is 22.9 Å². The fourth-order valence-corrected chi connectivity index (χ4v) is 8.58. The zero-order chi connectivity index (χ0) is 27.5. The monoisotopic (exact) mass is 590 g/mol. The van der Waals surface area contributed by atoms with Crippen LogP contribution in [-0.4, -0.2) is 102 Å². The number of hydrogen-bond acceptors (Lipinski definition) is 7. The van der Waals surface area contributed by atoms with Crippen LogP contribution in [0.5, 0.6) is 0 Å². The molecule has 208 valence electrons. The highest BCUT2D eigenvalue weighted by atomic mass is 35.5. The van der Waals surface area contributed by atoms with Crippen molar-refractivity contribution in [2.24, 2.45) is 0 Å². The fraction of sp³-hybridized carbons (Fsp3) is 0.500. The van der Waals surface area contributed by atoms with E-state index in [0.717, 1.165) is 30.0 Å². The molecule has 2 aromatic heterocycles. The zero-order valence-corrected chi connectivity index (χ0v) is 24.3. The van der Waals surface area contributed by atoms with Crippen LogP contribution in [0.1, 0.15) is 46.2 Å².